The van der Waals surface area contributed by atoms with E-state index in [-0.39, 0.29) is 67.5 Å². The average molecular weight is 808 g/mol. The van der Waals surface area contributed by atoms with Crippen LogP contribution in [0, 0.1) is 11.3 Å². The quantitative estimate of drug-likeness (QED) is 0.0379. The molecule has 13 nitrogen and oxygen atoms in total. The number of ether oxygens (including phenoxy) is 3. The van der Waals surface area contributed by atoms with Crippen molar-refractivity contribution in [3.05, 3.63) is 78.9 Å². The van der Waals surface area contributed by atoms with Gasteiger partial charge in [0.05, 0.1) is 56.0 Å². The van der Waals surface area contributed by atoms with Gasteiger partial charge in [0.25, 0.3) is 0 Å². The number of esters is 3. The van der Waals surface area contributed by atoms with Gasteiger partial charge in [0, 0.05) is 6.92 Å². The summed E-state index contributed by atoms with van der Waals surface area (Å²) in [5, 5.41) is 9.38. The van der Waals surface area contributed by atoms with Gasteiger partial charge in [-0.25, -0.2) is 36.2 Å². The van der Waals surface area contributed by atoms with E-state index in [1.54, 1.807) is 31.2 Å². The minimum absolute atomic E-state index is 0.0334. The summed E-state index contributed by atoms with van der Waals surface area (Å²) in [7, 11) is -8.72. The third kappa shape index (κ3) is 8.03. The number of nitriles is 1. The zero-order chi connectivity index (χ0) is 36.9. The van der Waals surface area contributed by atoms with Crippen LogP contribution in [0.1, 0.15) is 20.8 Å². The molecule has 0 unspecified atom stereocenters. The summed E-state index contributed by atoms with van der Waals surface area (Å²) in [6, 6.07) is 16.1. The molecule has 0 saturated heterocycles. The van der Waals surface area contributed by atoms with Crippen molar-refractivity contribution in [3.8, 4) is 17.6 Å². The first-order valence-electron chi connectivity index (χ1n) is 14.6. The van der Waals surface area contributed by atoms with Gasteiger partial charge >= 0.3 is 17.9 Å². The first-order valence-corrected chi connectivity index (χ1v) is 20.8. The monoisotopic (exact) mass is 807 g/mol. The van der Waals surface area contributed by atoms with E-state index >= 15 is 0 Å². The van der Waals surface area contributed by atoms with Crippen LogP contribution < -0.4 is 9.47 Å². The van der Waals surface area contributed by atoms with Crippen molar-refractivity contribution >= 4 is 84.6 Å². The average Bonchev–Trinajstić information content (AvgIpc) is 3.74. The number of sulfone groups is 2. The smallest absolute Gasteiger partial charge is 0.416 e. The van der Waals surface area contributed by atoms with Crippen molar-refractivity contribution < 1.29 is 55.2 Å². The maximum Gasteiger partial charge on any atom is 0.416 e. The Morgan fingerprint density at radius 2 is 1.18 bits per heavy atom. The number of hydrogen-bond acceptors (Lipinski definition) is 17. The number of hydrogen-bond donors (Lipinski definition) is 0. The van der Waals surface area contributed by atoms with E-state index in [2.05, 4.69) is 0 Å². The molecule has 2 aliphatic rings. The highest BCUT2D eigenvalue weighted by Gasteiger charge is 2.43. The van der Waals surface area contributed by atoms with Crippen LogP contribution in [0.25, 0.3) is 0 Å². The molecule has 0 saturated carbocycles. The van der Waals surface area contributed by atoms with Gasteiger partial charge in [-0.3, -0.25) is 4.79 Å². The van der Waals surface area contributed by atoms with Crippen LogP contribution in [0.2, 0.25) is 0 Å². The Hall–Kier alpha value is -3.74. The molecular weight excluding hydrogens is 783 g/mol. The molecule has 0 amide bonds. The molecule has 266 valence electrons. The maximum absolute atomic E-state index is 13.9. The van der Waals surface area contributed by atoms with Crippen molar-refractivity contribution in [1.29, 1.82) is 5.26 Å². The van der Waals surface area contributed by atoms with Crippen molar-refractivity contribution in [3.63, 3.8) is 0 Å². The zero-order valence-electron chi connectivity index (χ0n) is 26.7. The second kappa shape index (κ2) is 16.3. The molecule has 0 aromatic heterocycles. The summed E-state index contributed by atoms with van der Waals surface area (Å²) >= 11 is 3.16. The lowest BCUT2D eigenvalue weighted by Gasteiger charge is -2.14. The summed E-state index contributed by atoms with van der Waals surface area (Å²) in [6.45, 7) is 3.72. The van der Waals surface area contributed by atoms with Gasteiger partial charge in [0.15, 0.2) is 22.5 Å². The summed E-state index contributed by atoms with van der Waals surface area (Å²) in [5.74, 6) is -3.64. The second-order valence-electron chi connectivity index (χ2n) is 9.83. The number of carbonyl (C=O) groups excluding carboxylic acids is 3. The molecule has 0 bridgehead atoms. The van der Waals surface area contributed by atoms with Crippen LogP contribution in [-0.2, 0) is 48.6 Å². The highest BCUT2D eigenvalue weighted by atomic mass is 32.2. The Balaban J connectivity index is 1.76. The van der Waals surface area contributed by atoms with Gasteiger partial charge in [0.1, 0.15) is 6.61 Å². The number of nitrogens with zero attached hydrogens (tertiary/aromatic N) is 1. The predicted octanol–water partition coefficient (Wildman–Crippen LogP) is 6.25. The maximum atomic E-state index is 13.9. The van der Waals surface area contributed by atoms with Gasteiger partial charge in [-0.2, -0.15) is 5.26 Å². The van der Waals surface area contributed by atoms with E-state index in [0.29, 0.717) is 0 Å². The van der Waals surface area contributed by atoms with E-state index < -0.39 is 49.1 Å². The summed E-state index contributed by atoms with van der Waals surface area (Å²) in [6.07, 6.45) is 0. The van der Waals surface area contributed by atoms with Crippen LogP contribution >= 0.6 is 47.0 Å². The summed E-state index contributed by atoms with van der Waals surface area (Å²) in [5.41, 5.74) is 0. The Labute approximate surface area is 309 Å². The van der Waals surface area contributed by atoms with E-state index in [0.717, 1.165) is 54.0 Å². The summed E-state index contributed by atoms with van der Waals surface area (Å²) in [4.78, 5) is 47.7. The third-order valence-electron chi connectivity index (χ3n) is 6.51. The van der Waals surface area contributed by atoms with Gasteiger partial charge in [-0.15, -0.1) is 0 Å². The Morgan fingerprint density at radius 3 is 1.65 bits per heavy atom. The second-order valence-corrected chi connectivity index (χ2v) is 18.3. The minimum Gasteiger partial charge on any atom is -0.462 e. The number of carbonyl (C=O) groups is 3. The molecule has 2 aliphatic heterocycles. The Morgan fingerprint density at radius 1 is 0.686 bits per heavy atom. The molecule has 0 N–H and O–H groups in total. The van der Waals surface area contributed by atoms with Crippen LogP contribution in [0.4, 0.5) is 0 Å². The first kappa shape index (κ1) is 38.5. The molecule has 19 heteroatoms. The highest BCUT2D eigenvalue weighted by molar-refractivity contribution is 8.26. The van der Waals surface area contributed by atoms with E-state index in [1.807, 2.05) is 0 Å². The normalized spacial score (nSPS) is 15.6. The Kier molecular flexibility index (Phi) is 12.3. The zero-order valence-corrected chi connectivity index (χ0v) is 31.6. The molecule has 5 rings (SSSR count). The molecule has 3 aromatic rings. The van der Waals surface area contributed by atoms with E-state index in [9.17, 15) is 36.5 Å². The lowest BCUT2D eigenvalue weighted by atomic mass is 10.3. The fourth-order valence-electron chi connectivity index (χ4n) is 4.44. The van der Waals surface area contributed by atoms with E-state index in [4.69, 9.17) is 24.0 Å². The molecule has 0 aliphatic carbocycles. The van der Waals surface area contributed by atoms with Crippen molar-refractivity contribution in [1.82, 2.24) is 0 Å². The van der Waals surface area contributed by atoms with Gasteiger partial charge < -0.3 is 14.2 Å². The number of benzene rings is 3. The standard InChI is InChI=1S/C32H25NO12S6/c1-4-41-30(36)29(51(39,40)20-14-10-7-11-15-20)32-48-26-23(44-18(3)34)25-27(24(28(26)49-32)45-22(35)16-33)47-31(46-25)21(17-43-42-5-2)50(37,38)19-12-8-6-9-13-19/h6-15H,4-5,17H2,1-3H3/b31-21+,32-29-. The number of thioether (sulfide) groups is 4. The fraction of sp³-hybridized carbons (Fsp3) is 0.188. The van der Waals surface area contributed by atoms with Crippen LogP contribution in [-0.4, -0.2) is 54.6 Å². The van der Waals surface area contributed by atoms with Gasteiger partial charge in [-0.1, -0.05) is 83.4 Å². The van der Waals surface area contributed by atoms with Crippen LogP contribution in [0.3, 0.4) is 0 Å². The van der Waals surface area contributed by atoms with Crippen molar-refractivity contribution in [2.45, 2.75) is 50.1 Å². The lowest BCUT2D eigenvalue weighted by molar-refractivity contribution is -0.283. The number of fused-ring (bicyclic) bond motifs is 2. The van der Waals surface area contributed by atoms with Gasteiger partial charge in [0.2, 0.25) is 19.7 Å². The SMILES string of the molecule is CCOOC/C(=C1/Sc2c(OC(C)=O)c3c(c(OC(=O)C#N)c2S1)S/C(=C(/C(=O)OCC)S(=O)(=O)c1ccccc1)S3)S(=O)(=O)c1ccccc1. The van der Waals surface area contributed by atoms with Crippen molar-refractivity contribution in [2.75, 3.05) is 19.8 Å². The lowest BCUT2D eigenvalue weighted by Crippen LogP contribution is -2.17. The fourth-order valence-corrected chi connectivity index (χ4v) is 13.8. The van der Waals surface area contributed by atoms with Gasteiger partial charge in [-0.05, 0) is 38.1 Å². The molecule has 0 spiro atoms. The molecule has 2 heterocycles. The minimum atomic E-state index is -4.50. The molecule has 3 aromatic carbocycles. The highest BCUT2D eigenvalue weighted by Crippen LogP contribution is 2.69. The molecule has 0 radical (unpaired) electrons. The van der Waals surface area contributed by atoms with Crippen molar-refractivity contribution in [2.24, 2.45) is 0 Å². The predicted molar refractivity (Wildman–Crippen MR) is 188 cm³/mol. The van der Waals surface area contributed by atoms with Crippen LogP contribution in [0.5, 0.6) is 11.5 Å². The van der Waals surface area contributed by atoms with Crippen LogP contribution in [0.15, 0.2) is 108 Å². The molecule has 0 fully saturated rings. The summed E-state index contributed by atoms with van der Waals surface area (Å²) < 4.78 is 72.0. The largest absolute Gasteiger partial charge is 0.462 e. The topological polar surface area (TPSA) is 189 Å². The molecule has 0 atom stereocenters. The van der Waals surface area contributed by atoms with E-state index in [1.165, 1.54) is 49.4 Å². The molecule has 51 heavy (non-hydrogen) atoms. The molecular formula is C32H25NO12S6. The number of rotatable bonds is 12. The third-order valence-corrected chi connectivity index (χ3v) is 16.0. The Bertz CT molecular complexity index is 2230. The first-order chi connectivity index (χ1) is 24.3.